The molecule has 1 N–H and O–H groups in total. The van der Waals surface area contributed by atoms with Crippen molar-refractivity contribution in [2.45, 2.75) is 0 Å². The first-order valence-electron chi connectivity index (χ1n) is 7.18. The van der Waals surface area contributed by atoms with E-state index in [2.05, 4.69) is 21.2 Å². The third kappa shape index (κ3) is 2.82. The van der Waals surface area contributed by atoms with Crippen molar-refractivity contribution in [3.8, 4) is 0 Å². The Bertz CT molecular complexity index is 853. The van der Waals surface area contributed by atoms with Crippen LogP contribution in [0.25, 0.3) is 0 Å². The minimum absolute atomic E-state index is 0.0258. The van der Waals surface area contributed by atoms with Crippen molar-refractivity contribution in [1.29, 1.82) is 0 Å². The zero-order valence-electron chi connectivity index (χ0n) is 12.4. The van der Waals surface area contributed by atoms with E-state index in [0.717, 1.165) is 11.0 Å². The molecule has 0 radical (unpaired) electrons. The number of hydrogen-bond acceptors (Lipinski definition) is 3. The van der Waals surface area contributed by atoms with E-state index in [-0.39, 0.29) is 30.1 Å². The number of nitrogens with zero attached hydrogens (tertiary/aromatic N) is 1. The van der Waals surface area contributed by atoms with Crippen LogP contribution in [-0.2, 0) is 0 Å². The quantitative estimate of drug-likeness (QED) is 0.815. The topological polar surface area (TPSA) is 66.5 Å². The third-order valence-electron chi connectivity index (χ3n) is 3.69. The molecule has 0 unspecified atom stereocenters. The molecule has 1 aliphatic rings. The maximum absolute atomic E-state index is 13.7. The Kier molecular flexibility index (Phi) is 4.44. The van der Waals surface area contributed by atoms with Crippen molar-refractivity contribution in [2.24, 2.45) is 0 Å². The van der Waals surface area contributed by atoms with E-state index in [1.807, 2.05) is 0 Å². The molecule has 24 heavy (non-hydrogen) atoms. The number of benzene rings is 2. The second kappa shape index (κ2) is 6.52. The number of amides is 3. The van der Waals surface area contributed by atoms with Crippen molar-refractivity contribution in [3.05, 3.63) is 69.4 Å². The largest absolute Gasteiger partial charge is 0.350 e. The first-order valence-corrected chi connectivity index (χ1v) is 7.97. The fraction of sp³-hybridized carbons (Fsp3) is 0.118. The van der Waals surface area contributed by atoms with Crippen LogP contribution in [0.4, 0.5) is 4.39 Å². The minimum atomic E-state index is -0.717. The lowest BCUT2D eigenvalue weighted by Gasteiger charge is -2.14. The van der Waals surface area contributed by atoms with Crippen LogP contribution in [-0.4, -0.2) is 35.7 Å². The molecule has 0 aromatic heterocycles. The molecule has 0 aliphatic carbocycles. The van der Waals surface area contributed by atoms with E-state index in [0.29, 0.717) is 10.0 Å². The standard InChI is InChI=1S/C17H12BrFN2O3/c18-12-6-2-1-4-10(12)15(22)20-8-9-21-16(23)11-5-3-7-13(19)14(11)17(21)24/h1-7H,8-9H2,(H,20,22). The molecule has 2 aromatic carbocycles. The lowest BCUT2D eigenvalue weighted by molar-refractivity contribution is 0.0648. The third-order valence-corrected chi connectivity index (χ3v) is 4.38. The first kappa shape index (κ1) is 16.3. The number of halogens is 2. The van der Waals surface area contributed by atoms with Gasteiger partial charge in [0, 0.05) is 17.6 Å². The predicted octanol–water partition coefficient (Wildman–Crippen LogP) is 2.61. The normalized spacial score (nSPS) is 13.2. The Labute approximate surface area is 145 Å². The van der Waals surface area contributed by atoms with Gasteiger partial charge in [0.25, 0.3) is 17.7 Å². The molecule has 3 amide bonds. The van der Waals surface area contributed by atoms with Crippen molar-refractivity contribution in [3.63, 3.8) is 0 Å². The van der Waals surface area contributed by atoms with Gasteiger partial charge in [-0.15, -0.1) is 0 Å². The minimum Gasteiger partial charge on any atom is -0.350 e. The smallest absolute Gasteiger partial charge is 0.264 e. The molecular weight excluding hydrogens is 379 g/mol. The summed E-state index contributed by atoms with van der Waals surface area (Å²) in [5.41, 5.74) is 0.294. The molecule has 0 bridgehead atoms. The van der Waals surface area contributed by atoms with Gasteiger partial charge in [0.2, 0.25) is 0 Å². The lowest BCUT2D eigenvalue weighted by atomic mass is 10.1. The number of imide groups is 1. The summed E-state index contributed by atoms with van der Waals surface area (Å²) >= 11 is 3.28. The highest BCUT2D eigenvalue weighted by Gasteiger charge is 2.37. The van der Waals surface area contributed by atoms with Crippen LogP contribution in [0.2, 0.25) is 0 Å². The van der Waals surface area contributed by atoms with Gasteiger partial charge in [-0.1, -0.05) is 18.2 Å². The van der Waals surface area contributed by atoms with Crippen molar-refractivity contribution in [2.75, 3.05) is 13.1 Å². The van der Waals surface area contributed by atoms with Crippen LogP contribution in [0.5, 0.6) is 0 Å². The summed E-state index contributed by atoms with van der Waals surface area (Å²) in [4.78, 5) is 37.4. The Morgan fingerprint density at radius 3 is 2.54 bits per heavy atom. The molecular formula is C17H12BrFN2O3. The Balaban J connectivity index is 1.65. The number of rotatable bonds is 4. The summed E-state index contributed by atoms with van der Waals surface area (Å²) in [5.74, 6) is -2.27. The molecule has 3 rings (SSSR count). The number of carbonyl (C=O) groups excluding carboxylic acids is 3. The van der Waals surface area contributed by atoms with Crippen molar-refractivity contribution in [1.82, 2.24) is 10.2 Å². The van der Waals surface area contributed by atoms with Crippen LogP contribution in [0.15, 0.2) is 46.9 Å². The Morgan fingerprint density at radius 1 is 1.08 bits per heavy atom. The van der Waals surface area contributed by atoms with Gasteiger partial charge in [-0.2, -0.15) is 0 Å². The number of nitrogens with one attached hydrogen (secondary N) is 1. The molecule has 122 valence electrons. The van der Waals surface area contributed by atoms with Crippen LogP contribution >= 0.6 is 15.9 Å². The monoisotopic (exact) mass is 390 g/mol. The van der Waals surface area contributed by atoms with Gasteiger partial charge in [-0.25, -0.2) is 4.39 Å². The summed E-state index contributed by atoms with van der Waals surface area (Å²) < 4.78 is 14.4. The first-order chi connectivity index (χ1) is 11.5. The van der Waals surface area contributed by atoms with E-state index in [1.54, 1.807) is 24.3 Å². The number of carbonyl (C=O) groups is 3. The molecule has 0 fully saturated rings. The van der Waals surface area contributed by atoms with Gasteiger partial charge < -0.3 is 5.32 Å². The molecule has 5 nitrogen and oxygen atoms in total. The lowest BCUT2D eigenvalue weighted by Crippen LogP contribution is -2.38. The van der Waals surface area contributed by atoms with Gasteiger partial charge in [0.1, 0.15) is 5.82 Å². The van der Waals surface area contributed by atoms with Crippen molar-refractivity contribution >= 4 is 33.7 Å². The molecule has 1 aliphatic heterocycles. The van der Waals surface area contributed by atoms with Crippen LogP contribution < -0.4 is 5.32 Å². The van der Waals surface area contributed by atoms with Crippen LogP contribution in [0.3, 0.4) is 0 Å². The maximum Gasteiger partial charge on any atom is 0.264 e. The van der Waals surface area contributed by atoms with Gasteiger partial charge in [0.05, 0.1) is 16.7 Å². The zero-order chi connectivity index (χ0) is 17.3. The molecule has 0 saturated heterocycles. The SMILES string of the molecule is O=C(NCCN1C(=O)c2cccc(F)c2C1=O)c1ccccc1Br. The molecule has 7 heteroatoms. The predicted molar refractivity (Wildman–Crippen MR) is 88.2 cm³/mol. The Morgan fingerprint density at radius 2 is 1.83 bits per heavy atom. The van der Waals surface area contributed by atoms with Gasteiger partial charge in [-0.3, -0.25) is 19.3 Å². The fourth-order valence-corrected chi connectivity index (χ4v) is 2.98. The molecule has 2 aromatic rings. The highest BCUT2D eigenvalue weighted by molar-refractivity contribution is 9.10. The molecule has 0 saturated carbocycles. The van der Waals surface area contributed by atoms with Crippen molar-refractivity contribution < 1.29 is 18.8 Å². The van der Waals surface area contributed by atoms with E-state index in [9.17, 15) is 18.8 Å². The van der Waals surface area contributed by atoms with Crippen LogP contribution in [0.1, 0.15) is 31.1 Å². The van der Waals surface area contributed by atoms with E-state index in [4.69, 9.17) is 0 Å². The highest BCUT2D eigenvalue weighted by Crippen LogP contribution is 2.24. The maximum atomic E-state index is 13.7. The van der Waals surface area contributed by atoms with Gasteiger partial charge in [-0.05, 0) is 40.2 Å². The molecule has 0 spiro atoms. The summed E-state index contributed by atoms with van der Waals surface area (Å²) in [6.07, 6.45) is 0. The second-order valence-electron chi connectivity index (χ2n) is 5.16. The average Bonchev–Trinajstić information content (AvgIpc) is 2.81. The highest BCUT2D eigenvalue weighted by atomic mass is 79.9. The van der Waals surface area contributed by atoms with Gasteiger partial charge >= 0.3 is 0 Å². The number of fused-ring (bicyclic) bond motifs is 1. The summed E-state index contributed by atoms with van der Waals surface area (Å²) in [6, 6.07) is 10.8. The molecule has 1 heterocycles. The van der Waals surface area contributed by atoms with Crippen LogP contribution in [0, 0.1) is 5.82 Å². The summed E-state index contributed by atoms with van der Waals surface area (Å²) in [7, 11) is 0. The Hall–Kier alpha value is -2.54. The zero-order valence-corrected chi connectivity index (χ0v) is 14.0. The van der Waals surface area contributed by atoms with E-state index in [1.165, 1.54) is 12.1 Å². The molecule has 0 atom stereocenters. The summed E-state index contributed by atoms with van der Waals surface area (Å²) in [6.45, 7) is 0.0508. The van der Waals surface area contributed by atoms with E-state index >= 15 is 0 Å². The second-order valence-corrected chi connectivity index (χ2v) is 6.01. The fourth-order valence-electron chi connectivity index (χ4n) is 2.52. The average molecular weight is 391 g/mol. The van der Waals surface area contributed by atoms with Gasteiger partial charge in [0.15, 0.2) is 0 Å². The van der Waals surface area contributed by atoms with E-state index < -0.39 is 17.6 Å². The number of hydrogen-bond donors (Lipinski definition) is 1. The summed E-state index contributed by atoms with van der Waals surface area (Å²) in [5, 5.41) is 2.64.